The highest BCUT2D eigenvalue weighted by molar-refractivity contribution is 9.10. The number of halogens is 1. The summed E-state index contributed by atoms with van der Waals surface area (Å²) in [5.74, 6) is -0.303. The molecule has 1 aromatic carbocycles. The highest BCUT2D eigenvalue weighted by Crippen LogP contribution is 2.27. The lowest BCUT2D eigenvalue weighted by atomic mass is 10.2. The van der Waals surface area contributed by atoms with E-state index in [0.717, 1.165) is 10.2 Å². The summed E-state index contributed by atoms with van der Waals surface area (Å²) in [7, 11) is 1.30. The van der Waals surface area contributed by atoms with E-state index in [1.807, 2.05) is 24.3 Å². The molecule has 0 aliphatic rings. The van der Waals surface area contributed by atoms with Gasteiger partial charge in [0.05, 0.1) is 23.7 Å². The molecule has 2 heterocycles. The normalized spacial score (nSPS) is 10.8. The lowest BCUT2D eigenvalue weighted by molar-refractivity contribution is 0.0595. The number of esters is 1. The molecule has 2 N–H and O–H groups in total. The molecule has 0 amide bonds. The molecule has 0 aliphatic heterocycles. The van der Waals surface area contributed by atoms with Gasteiger partial charge in [0.1, 0.15) is 5.82 Å². The van der Waals surface area contributed by atoms with Crippen LogP contribution in [0.15, 0.2) is 41.0 Å². The van der Waals surface area contributed by atoms with Crippen molar-refractivity contribution in [3.05, 3.63) is 46.7 Å². The topological polar surface area (TPSA) is 83.0 Å². The third-order valence-corrected chi connectivity index (χ3v) is 3.55. The van der Waals surface area contributed by atoms with Crippen molar-refractivity contribution in [2.24, 2.45) is 0 Å². The summed E-state index contributed by atoms with van der Waals surface area (Å²) < 4.78 is 7.32. The van der Waals surface area contributed by atoms with E-state index in [1.165, 1.54) is 7.11 Å². The van der Waals surface area contributed by atoms with Crippen LogP contribution in [0.1, 0.15) is 10.5 Å². The number of ether oxygens (including phenoxy) is 1. The molecule has 3 rings (SSSR count). The van der Waals surface area contributed by atoms with Crippen LogP contribution in [0, 0.1) is 0 Å². The van der Waals surface area contributed by atoms with Gasteiger partial charge in [-0.25, -0.2) is 14.5 Å². The molecule has 0 radical (unpaired) electrons. The zero-order valence-corrected chi connectivity index (χ0v) is 12.7. The van der Waals surface area contributed by atoms with Crippen LogP contribution in [0.3, 0.4) is 0 Å². The number of fused-ring (bicyclic) bond motifs is 1. The highest BCUT2D eigenvalue weighted by Gasteiger charge is 2.21. The number of anilines is 1. The summed E-state index contributed by atoms with van der Waals surface area (Å²) in [6, 6.07) is 9.33. The summed E-state index contributed by atoms with van der Waals surface area (Å²) in [5, 5.41) is 4.82. The summed E-state index contributed by atoms with van der Waals surface area (Å²) in [6.07, 6.45) is 1.58. The van der Waals surface area contributed by atoms with Crippen LogP contribution in [0.25, 0.3) is 16.6 Å². The summed E-state index contributed by atoms with van der Waals surface area (Å²) in [5.41, 5.74) is 7.54. The van der Waals surface area contributed by atoms with Gasteiger partial charge in [-0.2, -0.15) is 5.10 Å². The fraction of sp³-hybridized carbons (Fsp3) is 0.0714. The lowest BCUT2D eigenvalue weighted by Crippen LogP contribution is -2.05. The van der Waals surface area contributed by atoms with E-state index in [0.29, 0.717) is 10.9 Å². The molecule has 0 spiro atoms. The molecule has 0 saturated heterocycles. The SMILES string of the molecule is COC(=O)c1nn(-c2cccc(Br)c2)c2ccnc(N)c12. The maximum Gasteiger partial charge on any atom is 0.359 e. The average Bonchev–Trinajstić information content (AvgIpc) is 2.87. The number of hydrogen-bond acceptors (Lipinski definition) is 5. The number of pyridine rings is 1. The van der Waals surface area contributed by atoms with Crippen molar-refractivity contribution in [3.63, 3.8) is 0 Å². The van der Waals surface area contributed by atoms with Gasteiger partial charge in [-0.1, -0.05) is 22.0 Å². The van der Waals surface area contributed by atoms with Crippen LogP contribution in [0.5, 0.6) is 0 Å². The van der Waals surface area contributed by atoms with Crippen LogP contribution in [0.2, 0.25) is 0 Å². The molecule has 0 saturated carbocycles. The van der Waals surface area contributed by atoms with Crippen LogP contribution in [-0.2, 0) is 4.74 Å². The van der Waals surface area contributed by atoms with Gasteiger partial charge in [-0.15, -0.1) is 0 Å². The van der Waals surface area contributed by atoms with Crippen molar-refractivity contribution in [1.82, 2.24) is 14.8 Å². The Morgan fingerprint density at radius 1 is 1.38 bits per heavy atom. The zero-order valence-electron chi connectivity index (χ0n) is 11.1. The third kappa shape index (κ3) is 2.25. The number of methoxy groups -OCH3 is 1. The number of nitrogens with two attached hydrogens (primary N) is 1. The third-order valence-electron chi connectivity index (χ3n) is 3.05. The largest absolute Gasteiger partial charge is 0.464 e. The van der Waals surface area contributed by atoms with E-state index in [1.54, 1.807) is 16.9 Å². The van der Waals surface area contributed by atoms with E-state index in [-0.39, 0.29) is 11.5 Å². The van der Waals surface area contributed by atoms with E-state index < -0.39 is 5.97 Å². The quantitative estimate of drug-likeness (QED) is 0.721. The van der Waals surface area contributed by atoms with Crippen LogP contribution in [0.4, 0.5) is 5.82 Å². The molecule has 3 aromatic rings. The van der Waals surface area contributed by atoms with E-state index in [9.17, 15) is 4.79 Å². The van der Waals surface area contributed by atoms with Crippen LogP contribution >= 0.6 is 15.9 Å². The smallest absolute Gasteiger partial charge is 0.359 e. The Kier molecular flexibility index (Phi) is 3.34. The van der Waals surface area contributed by atoms with Gasteiger partial charge in [0.15, 0.2) is 5.69 Å². The minimum atomic E-state index is -0.548. The van der Waals surface area contributed by atoms with E-state index >= 15 is 0 Å². The second kappa shape index (κ2) is 5.17. The molecule has 0 fully saturated rings. The fourth-order valence-electron chi connectivity index (χ4n) is 2.13. The van der Waals surface area contributed by atoms with Crippen molar-refractivity contribution < 1.29 is 9.53 Å². The van der Waals surface area contributed by atoms with Gasteiger partial charge < -0.3 is 10.5 Å². The summed E-state index contributed by atoms with van der Waals surface area (Å²) in [4.78, 5) is 15.9. The first-order valence-electron chi connectivity index (χ1n) is 6.09. The minimum Gasteiger partial charge on any atom is -0.464 e. The van der Waals surface area contributed by atoms with Gasteiger partial charge in [0.2, 0.25) is 0 Å². The van der Waals surface area contributed by atoms with Crippen molar-refractivity contribution in [2.45, 2.75) is 0 Å². The standard InChI is InChI=1S/C14H11BrN4O2/c1-21-14(20)12-11-10(5-6-17-13(11)16)19(18-12)9-4-2-3-8(15)7-9/h2-7H,1H3,(H2,16,17). The molecule has 0 unspecified atom stereocenters. The Morgan fingerprint density at radius 3 is 2.90 bits per heavy atom. The molecule has 0 atom stereocenters. The zero-order chi connectivity index (χ0) is 15.0. The summed E-state index contributed by atoms with van der Waals surface area (Å²) >= 11 is 3.42. The monoisotopic (exact) mass is 346 g/mol. The van der Waals surface area contributed by atoms with Gasteiger partial charge in [-0.3, -0.25) is 0 Å². The lowest BCUT2D eigenvalue weighted by Gasteiger charge is -2.03. The van der Waals surface area contributed by atoms with Gasteiger partial charge in [0, 0.05) is 10.7 Å². The maximum absolute atomic E-state index is 11.9. The Hall–Kier alpha value is -2.41. The predicted molar refractivity (Wildman–Crippen MR) is 82.3 cm³/mol. The second-order valence-electron chi connectivity index (χ2n) is 4.32. The Bertz CT molecular complexity index is 844. The molecule has 6 nitrogen and oxygen atoms in total. The van der Waals surface area contributed by atoms with Crippen LogP contribution < -0.4 is 5.73 Å². The number of benzene rings is 1. The van der Waals surface area contributed by atoms with Crippen molar-refractivity contribution >= 4 is 38.6 Å². The number of carbonyl (C=O) groups excluding carboxylic acids is 1. The van der Waals surface area contributed by atoms with Crippen LogP contribution in [-0.4, -0.2) is 27.8 Å². The molecular weight excluding hydrogens is 336 g/mol. The minimum absolute atomic E-state index is 0.151. The Morgan fingerprint density at radius 2 is 2.19 bits per heavy atom. The maximum atomic E-state index is 11.9. The fourth-order valence-corrected chi connectivity index (χ4v) is 2.52. The molecule has 0 bridgehead atoms. The molecular formula is C14H11BrN4O2. The van der Waals surface area contributed by atoms with Gasteiger partial charge in [0.25, 0.3) is 0 Å². The number of hydrogen-bond donors (Lipinski definition) is 1. The van der Waals surface area contributed by atoms with Crippen molar-refractivity contribution in [3.8, 4) is 5.69 Å². The average molecular weight is 347 g/mol. The second-order valence-corrected chi connectivity index (χ2v) is 5.24. The van der Waals surface area contributed by atoms with Crippen molar-refractivity contribution in [1.29, 1.82) is 0 Å². The Balaban J connectivity index is 2.34. The molecule has 2 aromatic heterocycles. The highest BCUT2D eigenvalue weighted by atomic mass is 79.9. The van der Waals surface area contributed by atoms with E-state index in [4.69, 9.17) is 10.5 Å². The molecule has 21 heavy (non-hydrogen) atoms. The molecule has 7 heteroatoms. The number of rotatable bonds is 2. The molecule has 106 valence electrons. The Labute approximate surface area is 128 Å². The van der Waals surface area contributed by atoms with Gasteiger partial charge >= 0.3 is 5.97 Å². The number of nitrogens with zero attached hydrogens (tertiary/aromatic N) is 3. The first kappa shape index (κ1) is 13.6. The first-order chi connectivity index (χ1) is 10.1. The first-order valence-corrected chi connectivity index (χ1v) is 6.88. The number of carbonyl (C=O) groups is 1. The predicted octanol–water partition coefficient (Wildman–Crippen LogP) is 2.55. The van der Waals surface area contributed by atoms with E-state index in [2.05, 4.69) is 26.0 Å². The number of nitrogen functional groups attached to an aromatic ring is 1. The van der Waals surface area contributed by atoms with Gasteiger partial charge in [-0.05, 0) is 24.3 Å². The molecule has 0 aliphatic carbocycles. The summed E-state index contributed by atoms with van der Waals surface area (Å²) in [6.45, 7) is 0. The number of aromatic nitrogens is 3. The van der Waals surface area contributed by atoms with Crippen molar-refractivity contribution in [2.75, 3.05) is 12.8 Å².